The lowest BCUT2D eigenvalue weighted by Gasteiger charge is -2.53. The third-order valence-electron chi connectivity index (χ3n) is 4.44. The van der Waals surface area contributed by atoms with Crippen LogP contribution in [0.1, 0.15) is 81.6 Å². The van der Waals surface area contributed by atoms with Crippen LogP contribution in [0.3, 0.4) is 0 Å². The summed E-state index contributed by atoms with van der Waals surface area (Å²) in [6, 6.07) is 0. The van der Waals surface area contributed by atoms with Crippen molar-refractivity contribution in [3.8, 4) is 0 Å². The van der Waals surface area contributed by atoms with Crippen LogP contribution in [-0.4, -0.2) is 17.5 Å². The highest BCUT2D eigenvalue weighted by Gasteiger charge is 2.53. The third-order valence-corrected chi connectivity index (χ3v) is 4.44. The summed E-state index contributed by atoms with van der Waals surface area (Å²) in [6.45, 7) is 20.0. The second-order valence-corrected chi connectivity index (χ2v) is 8.50. The van der Waals surface area contributed by atoms with Crippen LogP contribution in [-0.2, 0) is 4.74 Å². The van der Waals surface area contributed by atoms with E-state index in [0.717, 1.165) is 19.3 Å². The van der Waals surface area contributed by atoms with Crippen molar-refractivity contribution >= 4 is 0 Å². The van der Waals surface area contributed by atoms with E-state index in [9.17, 15) is 5.11 Å². The molecule has 0 radical (unpaired) electrons. The van der Waals surface area contributed by atoms with E-state index >= 15 is 0 Å². The van der Waals surface area contributed by atoms with Gasteiger partial charge in [0, 0.05) is 5.41 Å². The molecule has 116 valence electrons. The molecule has 2 atom stereocenters. The average Bonchev–Trinajstić information content (AvgIpc) is 2.13. The molecule has 0 aromatic heterocycles. The Bertz CT molecular complexity index is 268. The van der Waals surface area contributed by atoms with Crippen molar-refractivity contribution in [2.24, 2.45) is 16.2 Å². The van der Waals surface area contributed by atoms with Crippen molar-refractivity contribution in [2.75, 3.05) is 6.61 Å². The Morgan fingerprint density at radius 2 is 1.37 bits per heavy atom. The van der Waals surface area contributed by atoms with Crippen molar-refractivity contribution in [1.82, 2.24) is 0 Å². The average molecular weight is 272 g/mol. The number of rotatable bonds is 6. The quantitative estimate of drug-likeness (QED) is 0.544. The normalized spacial score (nSPS) is 19.9. The minimum Gasteiger partial charge on any atom is -0.365 e. The van der Waals surface area contributed by atoms with E-state index in [1.807, 2.05) is 6.92 Å². The smallest absolute Gasteiger partial charge is 0.168 e. The summed E-state index contributed by atoms with van der Waals surface area (Å²) in [6.07, 6.45) is 3.00. The summed E-state index contributed by atoms with van der Waals surface area (Å²) < 4.78 is 5.86. The van der Waals surface area contributed by atoms with E-state index in [2.05, 4.69) is 55.4 Å². The predicted molar refractivity (Wildman–Crippen MR) is 83.1 cm³/mol. The fourth-order valence-corrected chi connectivity index (χ4v) is 2.76. The van der Waals surface area contributed by atoms with Gasteiger partial charge in [-0.15, -0.1) is 0 Å². The maximum atomic E-state index is 10.9. The zero-order valence-corrected chi connectivity index (χ0v) is 14.7. The van der Waals surface area contributed by atoms with Crippen LogP contribution in [0.2, 0.25) is 0 Å². The van der Waals surface area contributed by atoms with Gasteiger partial charge in [-0.2, -0.15) is 0 Å². The summed E-state index contributed by atoms with van der Waals surface area (Å²) in [7, 11) is 0. The lowest BCUT2D eigenvalue weighted by molar-refractivity contribution is -0.291. The molecule has 2 unspecified atom stereocenters. The topological polar surface area (TPSA) is 29.5 Å². The van der Waals surface area contributed by atoms with E-state index in [-0.39, 0.29) is 16.2 Å². The molecule has 0 saturated carbocycles. The molecule has 0 aliphatic heterocycles. The standard InChI is InChI=1S/C17H36O2/c1-10-11-12-19-17(9,18)16(8,15(5,6)7)13-14(2,3)4/h18H,10-13H2,1-9H3. The van der Waals surface area contributed by atoms with Crippen LogP contribution in [0, 0.1) is 16.2 Å². The molecular weight excluding hydrogens is 236 g/mol. The van der Waals surface area contributed by atoms with Gasteiger partial charge in [0.1, 0.15) is 0 Å². The van der Waals surface area contributed by atoms with Gasteiger partial charge in [0.15, 0.2) is 5.79 Å². The molecule has 0 heterocycles. The highest BCUT2D eigenvalue weighted by Crippen LogP contribution is 2.53. The SMILES string of the molecule is CCCCOC(C)(O)C(C)(CC(C)(C)C)C(C)(C)C. The maximum Gasteiger partial charge on any atom is 0.168 e. The molecule has 0 aliphatic rings. The summed E-state index contributed by atoms with van der Waals surface area (Å²) in [5, 5.41) is 10.9. The number of hydrogen-bond acceptors (Lipinski definition) is 2. The van der Waals surface area contributed by atoms with Crippen molar-refractivity contribution in [1.29, 1.82) is 0 Å². The van der Waals surface area contributed by atoms with Crippen molar-refractivity contribution in [2.45, 2.75) is 87.4 Å². The summed E-state index contributed by atoms with van der Waals surface area (Å²) >= 11 is 0. The molecule has 0 aromatic carbocycles. The number of aliphatic hydroxyl groups is 1. The summed E-state index contributed by atoms with van der Waals surface area (Å²) in [5.74, 6) is -1.10. The fourth-order valence-electron chi connectivity index (χ4n) is 2.76. The van der Waals surface area contributed by atoms with Gasteiger partial charge in [-0.1, -0.05) is 61.8 Å². The van der Waals surface area contributed by atoms with Gasteiger partial charge in [0.2, 0.25) is 0 Å². The Morgan fingerprint density at radius 1 is 0.895 bits per heavy atom. The van der Waals surface area contributed by atoms with Gasteiger partial charge in [-0.25, -0.2) is 0 Å². The van der Waals surface area contributed by atoms with Gasteiger partial charge in [0.25, 0.3) is 0 Å². The first-order valence-electron chi connectivity index (χ1n) is 7.63. The van der Waals surface area contributed by atoms with E-state index < -0.39 is 5.79 Å². The lowest BCUT2D eigenvalue weighted by atomic mass is 9.57. The summed E-state index contributed by atoms with van der Waals surface area (Å²) in [5.41, 5.74) is -0.178. The van der Waals surface area contributed by atoms with Gasteiger partial charge in [0.05, 0.1) is 6.61 Å². The van der Waals surface area contributed by atoms with Crippen LogP contribution >= 0.6 is 0 Å². The first-order valence-corrected chi connectivity index (χ1v) is 7.63. The minimum atomic E-state index is -1.10. The molecule has 1 N–H and O–H groups in total. The lowest BCUT2D eigenvalue weighted by Crippen LogP contribution is -2.55. The second kappa shape index (κ2) is 6.13. The first kappa shape index (κ1) is 18.9. The fraction of sp³-hybridized carbons (Fsp3) is 1.00. The van der Waals surface area contributed by atoms with Crippen molar-refractivity contribution in [3.05, 3.63) is 0 Å². The predicted octanol–water partition coefficient (Wildman–Crippen LogP) is 5.00. The molecule has 2 heteroatoms. The number of ether oxygens (including phenoxy) is 1. The largest absolute Gasteiger partial charge is 0.365 e. The van der Waals surface area contributed by atoms with Gasteiger partial charge >= 0.3 is 0 Å². The van der Waals surface area contributed by atoms with Crippen molar-refractivity contribution in [3.63, 3.8) is 0 Å². The van der Waals surface area contributed by atoms with E-state index in [1.54, 1.807) is 0 Å². The van der Waals surface area contributed by atoms with Gasteiger partial charge < -0.3 is 9.84 Å². The minimum absolute atomic E-state index is 0.0318. The molecule has 0 fully saturated rings. The Morgan fingerprint density at radius 3 is 1.68 bits per heavy atom. The Hall–Kier alpha value is -0.0800. The van der Waals surface area contributed by atoms with Crippen LogP contribution < -0.4 is 0 Å². The molecular formula is C17H36O2. The zero-order valence-electron chi connectivity index (χ0n) is 14.7. The molecule has 0 amide bonds. The van der Waals surface area contributed by atoms with Gasteiger partial charge in [-0.3, -0.25) is 0 Å². The van der Waals surface area contributed by atoms with Crippen LogP contribution in [0.25, 0.3) is 0 Å². The van der Waals surface area contributed by atoms with Crippen LogP contribution in [0.5, 0.6) is 0 Å². The van der Waals surface area contributed by atoms with Gasteiger partial charge in [-0.05, 0) is 30.6 Å². The molecule has 0 bridgehead atoms. The van der Waals surface area contributed by atoms with E-state index in [1.165, 1.54) is 0 Å². The molecule has 2 nitrogen and oxygen atoms in total. The van der Waals surface area contributed by atoms with Crippen molar-refractivity contribution < 1.29 is 9.84 Å². The molecule has 0 aromatic rings. The highest BCUT2D eigenvalue weighted by atomic mass is 16.6. The van der Waals surface area contributed by atoms with Crippen LogP contribution in [0.4, 0.5) is 0 Å². The molecule has 0 rings (SSSR count). The molecule has 0 saturated heterocycles. The zero-order chi connectivity index (χ0) is 15.5. The van der Waals surface area contributed by atoms with E-state index in [4.69, 9.17) is 4.74 Å². The number of hydrogen-bond donors (Lipinski definition) is 1. The highest BCUT2D eigenvalue weighted by molar-refractivity contribution is 4.97. The monoisotopic (exact) mass is 272 g/mol. The third kappa shape index (κ3) is 5.07. The van der Waals surface area contributed by atoms with Crippen LogP contribution in [0.15, 0.2) is 0 Å². The molecule has 0 aliphatic carbocycles. The Balaban J connectivity index is 5.24. The number of unbranched alkanes of at least 4 members (excludes halogenated alkanes) is 1. The second-order valence-electron chi connectivity index (χ2n) is 8.50. The molecule has 19 heavy (non-hydrogen) atoms. The molecule has 0 spiro atoms. The van der Waals surface area contributed by atoms with E-state index in [0.29, 0.717) is 6.61 Å². The Kier molecular flexibility index (Phi) is 6.11. The maximum absolute atomic E-state index is 10.9. The summed E-state index contributed by atoms with van der Waals surface area (Å²) in [4.78, 5) is 0. The first-order chi connectivity index (χ1) is 8.27. The Labute approximate surface area is 120 Å².